The highest BCUT2D eigenvalue weighted by Gasteiger charge is 2.30. The Morgan fingerprint density at radius 3 is 2.46 bits per heavy atom. The Bertz CT molecular complexity index is 792. The molecular formula is C18H16F3N3OS. The molecule has 0 saturated heterocycles. The first kappa shape index (κ1) is 19.5. The summed E-state index contributed by atoms with van der Waals surface area (Å²) in [7, 11) is 0. The van der Waals surface area contributed by atoms with Crippen molar-refractivity contribution in [2.75, 3.05) is 0 Å². The zero-order chi connectivity index (χ0) is 19.0. The predicted molar refractivity (Wildman–Crippen MR) is 97.6 cm³/mol. The largest absolute Gasteiger partial charge is 0.416 e. The van der Waals surface area contributed by atoms with E-state index in [-0.39, 0.29) is 10.7 Å². The van der Waals surface area contributed by atoms with Gasteiger partial charge in [-0.15, -0.1) is 0 Å². The minimum atomic E-state index is -4.43. The fourth-order valence-corrected chi connectivity index (χ4v) is 2.10. The molecule has 0 spiro atoms. The quantitative estimate of drug-likeness (QED) is 0.433. The van der Waals surface area contributed by atoms with E-state index in [1.165, 1.54) is 18.2 Å². The van der Waals surface area contributed by atoms with Gasteiger partial charge in [-0.2, -0.15) is 13.2 Å². The van der Waals surface area contributed by atoms with Crippen LogP contribution in [-0.4, -0.2) is 11.0 Å². The van der Waals surface area contributed by atoms with Gasteiger partial charge in [0.05, 0.1) is 5.56 Å². The molecule has 0 unspecified atom stereocenters. The molecule has 0 aromatic heterocycles. The Balaban J connectivity index is 1.79. The van der Waals surface area contributed by atoms with E-state index >= 15 is 0 Å². The summed E-state index contributed by atoms with van der Waals surface area (Å²) in [5, 5.41) is 3.13. The van der Waals surface area contributed by atoms with Gasteiger partial charge in [0.25, 0.3) is 5.91 Å². The highest BCUT2D eigenvalue weighted by atomic mass is 32.1. The van der Waals surface area contributed by atoms with Crippen LogP contribution in [0.25, 0.3) is 6.08 Å². The number of amides is 1. The summed E-state index contributed by atoms with van der Waals surface area (Å²) in [6.07, 6.45) is -2.03. The van der Waals surface area contributed by atoms with E-state index < -0.39 is 17.6 Å². The van der Waals surface area contributed by atoms with Crippen LogP contribution in [0, 0.1) is 0 Å². The smallest absolute Gasteiger partial charge is 0.357 e. The van der Waals surface area contributed by atoms with E-state index in [4.69, 9.17) is 12.2 Å². The zero-order valence-corrected chi connectivity index (χ0v) is 14.3. The summed E-state index contributed by atoms with van der Waals surface area (Å²) in [6, 6.07) is 14.2. The summed E-state index contributed by atoms with van der Waals surface area (Å²) >= 11 is 5.02. The first-order chi connectivity index (χ1) is 12.3. The molecule has 8 heteroatoms. The van der Waals surface area contributed by atoms with E-state index in [0.717, 1.165) is 23.8 Å². The third-order valence-corrected chi connectivity index (χ3v) is 3.48. The number of hydrogen-bond donors (Lipinski definition) is 3. The van der Waals surface area contributed by atoms with Crippen LogP contribution in [0.3, 0.4) is 0 Å². The van der Waals surface area contributed by atoms with Crippen molar-refractivity contribution in [2.24, 2.45) is 0 Å². The number of carbonyl (C=O) groups is 1. The minimum Gasteiger partial charge on any atom is -0.357 e. The Morgan fingerprint density at radius 2 is 1.77 bits per heavy atom. The molecule has 136 valence electrons. The van der Waals surface area contributed by atoms with Crippen molar-refractivity contribution in [3.63, 3.8) is 0 Å². The van der Waals surface area contributed by atoms with Crippen molar-refractivity contribution < 1.29 is 18.0 Å². The maximum absolute atomic E-state index is 12.6. The predicted octanol–water partition coefficient (Wildman–Crippen LogP) is 3.41. The van der Waals surface area contributed by atoms with Crippen molar-refractivity contribution in [2.45, 2.75) is 12.7 Å². The monoisotopic (exact) mass is 379 g/mol. The van der Waals surface area contributed by atoms with Gasteiger partial charge in [0.15, 0.2) is 5.11 Å². The third-order valence-electron chi connectivity index (χ3n) is 3.24. The lowest BCUT2D eigenvalue weighted by molar-refractivity contribution is -0.137. The maximum atomic E-state index is 12.6. The van der Waals surface area contributed by atoms with E-state index in [1.807, 2.05) is 30.3 Å². The van der Waals surface area contributed by atoms with Crippen LogP contribution >= 0.6 is 12.2 Å². The van der Waals surface area contributed by atoms with Gasteiger partial charge in [-0.1, -0.05) is 42.5 Å². The number of alkyl halides is 3. The zero-order valence-electron chi connectivity index (χ0n) is 13.5. The molecule has 0 aliphatic carbocycles. The summed E-state index contributed by atoms with van der Waals surface area (Å²) in [5.74, 6) is -0.550. The van der Waals surface area contributed by atoms with Gasteiger partial charge in [-0.3, -0.25) is 15.6 Å². The van der Waals surface area contributed by atoms with Crippen LogP contribution < -0.4 is 16.2 Å². The second-order valence-electron chi connectivity index (χ2n) is 5.24. The van der Waals surface area contributed by atoms with Crippen molar-refractivity contribution >= 4 is 29.3 Å². The first-order valence-corrected chi connectivity index (χ1v) is 7.98. The summed E-state index contributed by atoms with van der Waals surface area (Å²) in [5.41, 5.74) is 5.36. The van der Waals surface area contributed by atoms with Crippen molar-refractivity contribution in [1.29, 1.82) is 0 Å². The van der Waals surface area contributed by atoms with E-state index in [9.17, 15) is 18.0 Å². The van der Waals surface area contributed by atoms with Crippen molar-refractivity contribution in [3.8, 4) is 0 Å². The fourth-order valence-electron chi connectivity index (χ4n) is 1.97. The average Bonchev–Trinajstić information content (AvgIpc) is 2.63. The number of hydrogen-bond acceptors (Lipinski definition) is 2. The van der Waals surface area contributed by atoms with Gasteiger partial charge in [0.1, 0.15) is 0 Å². The lowest BCUT2D eigenvalue weighted by atomic mass is 10.1. The highest BCUT2D eigenvalue weighted by Crippen LogP contribution is 2.29. The molecule has 2 aromatic rings. The molecule has 26 heavy (non-hydrogen) atoms. The second kappa shape index (κ2) is 9.00. The van der Waals surface area contributed by atoms with Gasteiger partial charge in [0.2, 0.25) is 0 Å². The molecule has 0 aliphatic rings. The molecule has 0 fully saturated rings. The van der Waals surface area contributed by atoms with Crippen molar-refractivity contribution in [3.05, 3.63) is 77.4 Å². The molecular weight excluding hydrogens is 363 g/mol. The minimum absolute atomic E-state index is 0.217. The number of benzene rings is 2. The molecule has 2 aromatic carbocycles. The molecule has 2 rings (SSSR count). The van der Waals surface area contributed by atoms with E-state index in [0.29, 0.717) is 6.54 Å². The number of hydrazine groups is 1. The van der Waals surface area contributed by atoms with E-state index in [2.05, 4.69) is 16.2 Å². The van der Waals surface area contributed by atoms with Crippen LogP contribution in [0.4, 0.5) is 13.2 Å². The SMILES string of the molecule is O=C(/C=C/c1cccc(C(F)(F)F)c1)NNC(=S)NCc1ccccc1. The molecule has 3 N–H and O–H groups in total. The van der Waals surface area contributed by atoms with Gasteiger partial charge in [0, 0.05) is 12.6 Å². The summed E-state index contributed by atoms with van der Waals surface area (Å²) < 4.78 is 37.9. The Morgan fingerprint density at radius 1 is 1.04 bits per heavy atom. The van der Waals surface area contributed by atoms with E-state index in [1.54, 1.807) is 0 Å². The lowest BCUT2D eigenvalue weighted by Gasteiger charge is -2.10. The van der Waals surface area contributed by atoms with Crippen molar-refractivity contribution in [1.82, 2.24) is 16.2 Å². The highest BCUT2D eigenvalue weighted by molar-refractivity contribution is 7.80. The fraction of sp³-hybridized carbons (Fsp3) is 0.111. The van der Waals surface area contributed by atoms with Crippen LogP contribution in [0.1, 0.15) is 16.7 Å². The Kier molecular flexibility index (Phi) is 6.74. The number of rotatable bonds is 4. The average molecular weight is 379 g/mol. The molecule has 4 nitrogen and oxygen atoms in total. The second-order valence-corrected chi connectivity index (χ2v) is 5.65. The molecule has 0 saturated carbocycles. The van der Waals surface area contributed by atoms with Crippen LogP contribution in [0.5, 0.6) is 0 Å². The topological polar surface area (TPSA) is 53.2 Å². The molecule has 0 aliphatic heterocycles. The van der Waals surface area contributed by atoms with Gasteiger partial charge < -0.3 is 5.32 Å². The molecule has 0 atom stereocenters. The Hall–Kier alpha value is -2.87. The normalized spacial score (nSPS) is 11.2. The first-order valence-electron chi connectivity index (χ1n) is 7.58. The lowest BCUT2D eigenvalue weighted by Crippen LogP contribution is -2.45. The number of thiocarbonyl (C=S) groups is 1. The number of halogens is 3. The number of carbonyl (C=O) groups excluding carboxylic acids is 1. The van der Waals surface area contributed by atoms with Crippen LogP contribution in [0.2, 0.25) is 0 Å². The van der Waals surface area contributed by atoms with Gasteiger partial charge in [-0.05, 0) is 41.6 Å². The number of nitrogens with one attached hydrogen (secondary N) is 3. The molecule has 1 amide bonds. The van der Waals surface area contributed by atoms with Crippen LogP contribution in [-0.2, 0) is 17.5 Å². The van der Waals surface area contributed by atoms with Gasteiger partial charge in [-0.25, -0.2) is 0 Å². The summed E-state index contributed by atoms with van der Waals surface area (Å²) in [6.45, 7) is 0.489. The maximum Gasteiger partial charge on any atom is 0.416 e. The summed E-state index contributed by atoms with van der Waals surface area (Å²) in [4.78, 5) is 11.7. The molecule has 0 heterocycles. The van der Waals surface area contributed by atoms with Gasteiger partial charge >= 0.3 is 6.18 Å². The Labute approximate surface area is 154 Å². The molecule has 0 radical (unpaired) electrons. The molecule has 0 bridgehead atoms. The standard InChI is InChI=1S/C18H16F3N3OS/c19-18(20,21)15-8-4-7-13(11-15)9-10-16(25)23-24-17(26)22-12-14-5-2-1-3-6-14/h1-11H,12H2,(H,23,25)(H2,22,24,26)/b10-9+. The van der Waals surface area contributed by atoms with Crippen LogP contribution in [0.15, 0.2) is 60.7 Å². The third kappa shape index (κ3) is 6.56.